The van der Waals surface area contributed by atoms with Crippen molar-refractivity contribution >= 4 is 12.2 Å². The second-order valence-electron chi connectivity index (χ2n) is 5.59. The van der Waals surface area contributed by atoms with E-state index in [1.165, 1.54) is 16.5 Å². The summed E-state index contributed by atoms with van der Waals surface area (Å²) in [5.41, 5.74) is 4.14. The minimum atomic E-state index is -0.838. The summed E-state index contributed by atoms with van der Waals surface area (Å²) in [7, 11) is 0. The van der Waals surface area contributed by atoms with Gasteiger partial charge in [-0.05, 0) is 50.5 Å². The molecule has 0 aliphatic rings. The lowest BCUT2D eigenvalue weighted by Crippen LogP contribution is -2.17. The lowest BCUT2D eigenvalue weighted by molar-refractivity contribution is -0.137. The van der Waals surface area contributed by atoms with Crippen LogP contribution in [0.2, 0.25) is 0 Å². The monoisotopic (exact) mass is 315 g/mol. The number of H-pyrrole nitrogens is 1. The minimum Gasteiger partial charge on any atom is -0.481 e. The van der Waals surface area contributed by atoms with Crippen LogP contribution in [0.4, 0.5) is 0 Å². The molecule has 0 radical (unpaired) electrons. The fraction of sp³-hybridized carbons (Fsp3) is 0.353. The van der Waals surface area contributed by atoms with Gasteiger partial charge in [-0.1, -0.05) is 6.07 Å². The summed E-state index contributed by atoms with van der Waals surface area (Å²) in [4.78, 5) is 27.1. The highest BCUT2D eigenvalue weighted by Crippen LogP contribution is 2.12. The van der Waals surface area contributed by atoms with Crippen LogP contribution in [0.25, 0.3) is 5.69 Å². The predicted molar refractivity (Wildman–Crippen MR) is 89.9 cm³/mol. The van der Waals surface area contributed by atoms with Gasteiger partial charge in [0.15, 0.2) is 0 Å². The smallest absolute Gasteiger partial charge is 0.303 e. The molecule has 1 aromatic carbocycles. The molecule has 122 valence electrons. The highest BCUT2D eigenvalue weighted by molar-refractivity contribution is 5.80. The number of carboxylic acids is 1. The summed E-state index contributed by atoms with van der Waals surface area (Å²) in [6.45, 7) is 6.24. The molecule has 0 aliphatic carbocycles. The van der Waals surface area contributed by atoms with E-state index in [1.54, 1.807) is 0 Å². The van der Waals surface area contributed by atoms with Crippen LogP contribution in [0.5, 0.6) is 0 Å². The summed E-state index contributed by atoms with van der Waals surface area (Å²) in [6, 6.07) is 5.83. The molecule has 0 saturated heterocycles. The van der Waals surface area contributed by atoms with Crippen LogP contribution in [-0.4, -0.2) is 33.6 Å². The average molecular weight is 315 g/mol. The number of aliphatic imine (C=N–C) groups is 1. The van der Waals surface area contributed by atoms with E-state index in [4.69, 9.17) is 5.11 Å². The van der Waals surface area contributed by atoms with E-state index in [2.05, 4.69) is 10.1 Å². The van der Waals surface area contributed by atoms with Crippen LogP contribution in [0.3, 0.4) is 0 Å². The molecule has 2 N–H and O–H groups in total. The van der Waals surface area contributed by atoms with E-state index >= 15 is 0 Å². The lowest BCUT2D eigenvalue weighted by Gasteiger charge is -2.05. The van der Waals surface area contributed by atoms with E-state index in [0.717, 1.165) is 16.9 Å². The van der Waals surface area contributed by atoms with Crippen molar-refractivity contribution in [3.05, 3.63) is 50.9 Å². The zero-order chi connectivity index (χ0) is 17.0. The Labute approximate surface area is 134 Å². The summed E-state index contributed by atoms with van der Waals surface area (Å²) < 4.78 is 1.50. The molecule has 0 aliphatic heterocycles. The molecule has 6 heteroatoms. The van der Waals surface area contributed by atoms with Crippen molar-refractivity contribution in [1.29, 1.82) is 0 Å². The number of aromatic amines is 1. The standard InChI is InChI=1S/C17H21N3O3/c1-11-6-7-14(9-12(11)2)20-17(23)15(13(3)19-20)10-18-8-4-5-16(21)22/h6-7,9-10,19H,4-5,8H2,1-3H3,(H,21,22). The third-order valence-corrected chi connectivity index (χ3v) is 3.76. The van der Waals surface area contributed by atoms with Crippen LogP contribution in [-0.2, 0) is 4.79 Å². The van der Waals surface area contributed by atoms with Crippen molar-refractivity contribution in [2.75, 3.05) is 6.54 Å². The summed E-state index contributed by atoms with van der Waals surface area (Å²) in [5.74, 6) is -0.838. The van der Waals surface area contributed by atoms with Gasteiger partial charge in [0.2, 0.25) is 0 Å². The highest BCUT2D eigenvalue weighted by Gasteiger charge is 2.11. The number of benzene rings is 1. The first-order chi connectivity index (χ1) is 10.9. The van der Waals surface area contributed by atoms with E-state index in [-0.39, 0.29) is 12.0 Å². The van der Waals surface area contributed by atoms with Crippen molar-refractivity contribution in [3.8, 4) is 5.69 Å². The van der Waals surface area contributed by atoms with Gasteiger partial charge in [0.25, 0.3) is 5.56 Å². The van der Waals surface area contributed by atoms with Gasteiger partial charge < -0.3 is 5.11 Å². The van der Waals surface area contributed by atoms with Crippen LogP contribution < -0.4 is 5.56 Å². The maximum absolute atomic E-state index is 12.5. The van der Waals surface area contributed by atoms with Crippen LogP contribution in [0.15, 0.2) is 28.0 Å². The number of hydrogen-bond donors (Lipinski definition) is 2. The van der Waals surface area contributed by atoms with Crippen molar-refractivity contribution < 1.29 is 9.90 Å². The van der Waals surface area contributed by atoms with Gasteiger partial charge in [-0.2, -0.15) is 0 Å². The molecule has 2 rings (SSSR count). The Morgan fingerprint density at radius 1 is 1.30 bits per heavy atom. The maximum atomic E-state index is 12.5. The van der Waals surface area contributed by atoms with Crippen molar-refractivity contribution in [1.82, 2.24) is 9.78 Å². The normalized spacial score (nSPS) is 11.3. The molecular weight excluding hydrogens is 294 g/mol. The molecule has 0 spiro atoms. The Balaban J connectivity index is 2.22. The van der Waals surface area contributed by atoms with Gasteiger partial charge >= 0.3 is 5.97 Å². The number of aromatic nitrogens is 2. The molecule has 1 heterocycles. The molecular formula is C17H21N3O3. The van der Waals surface area contributed by atoms with Gasteiger partial charge in [0.1, 0.15) is 0 Å². The van der Waals surface area contributed by atoms with Gasteiger partial charge in [0.05, 0.1) is 11.3 Å². The predicted octanol–water partition coefficient (Wildman–Crippen LogP) is 2.37. The quantitative estimate of drug-likeness (QED) is 0.633. The van der Waals surface area contributed by atoms with Gasteiger partial charge in [-0.25, -0.2) is 4.68 Å². The topological polar surface area (TPSA) is 87.4 Å². The molecule has 0 fully saturated rings. The molecule has 0 atom stereocenters. The Morgan fingerprint density at radius 3 is 2.70 bits per heavy atom. The van der Waals surface area contributed by atoms with Gasteiger partial charge in [-0.3, -0.25) is 19.7 Å². The number of carboxylic acid groups (broad SMARTS) is 1. The highest BCUT2D eigenvalue weighted by atomic mass is 16.4. The fourth-order valence-corrected chi connectivity index (χ4v) is 2.24. The Morgan fingerprint density at radius 2 is 2.04 bits per heavy atom. The number of aryl methyl sites for hydroxylation is 3. The molecule has 1 aromatic heterocycles. The maximum Gasteiger partial charge on any atom is 0.303 e. The average Bonchev–Trinajstić information content (AvgIpc) is 2.77. The van der Waals surface area contributed by atoms with Crippen LogP contribution in [0.1, 0.15) is 35.2 Å². The molecule has 0 saturated carbocycles. The number of carbonyl (C=O) groups is 1. The first kappa shape index (κ1) is 16.7. The minimum absolute atomic E-state index is 0.0797. The van der Waals surface area contributed by atoms with E-state index < -0.39 is 5.97 Å². The molecule has 0 unspecified atom stereocenters. The second-order valence-corrected chi connectivity index (χ2v) is 5.59. The SMILES string of the molecule is Cc1ccc(-n2[nH]c(C)c(C=NCCCC(=O)O)c2=O)cc1C. The first-order valence-corrected chi connectivity index (χ1v) is 7.51. The van der Waals surface area contributed by atoms with E-state index in [0.29, 0.717) is 18.5 Å². The number of hydrogen-bond acceptors (Lipinski definition) is 3. The number of nitrogens with one attached hydrogen (secondary N) is 1. The van der Waals surface area contributed by atoms with Crippen molar-refractivity contribution in [3.63, 3.8) is 0 Å². The number of aliphatic carboxylic acids is 1. The summed E-state index contributed by atoms with van der Waals surface area (Å²) in [6.07, 6.45) is 2.06. The Bertz CT molecular complexity index is 800. The zero-order valence-electron chi connectivity index (χ0n) is 13.6. The van der Waals surface area contributed by atoms with Gasteiger partial charge in [0, 0.05) is 24.9 Å². The fourth-order valence-electron chi connectivity index (χ4n) is 2.24. The molecule has 0 amide bonds. The zero-order valence-corrected chi connectivity index (χ0v) is 13.6. The van der Waals surface area contributed by atoms with Gasteiger partial charge in [-0.15, -0.1) is 0 Å². The van der Waals surface area contributed by atoms with E-state index in [9.17, 15) is 9.59 Å². The third kappa shape index (κ3) is 3.97. The lowest BCUT2D eigenvalue weighted by atomic mass is 10.1. The van der Waals surface area contributed by atoms with Crippen molar-refractivity contribution in [2.24, 2.45) is 4.99 Å². The molecule has 2 aromatic rings. The Kier molecular flexibility index (Phi) is 5.16. The largest absolute Gasteiger partial charge is 0.481 e. The molecule has 6 nitrogen and oxygen atoms in total. The first-order valence-electron chi connectivity index (χ1n) is 7.51. The Hall–Kier alpha value is -2.63. The number of rotatable bonds is 6. The van der Waals surface area contributed by atoms with E-state index in [1.807, 2.05) is 39.0 Å². The van der Waals surface area contributed by atoms with Crippen molar-refractivity contribution in [2.45, 2.75) is 33.6 Å². The molecule has 23 heavy (non-hydrogen) atoms. The molecule has 0 bridgehead atoms. The summed E-state index contributed by atoms with van der Waals surface area (Å²) >= 11 is 0. The van der Waals surface area contributed by atoms with Crippen LogP contribution in [0, 0.1) is 20.8 Å². The summed E-state index contributed by atoms with van der Waals surface area (Å²) in [5, 5.41) is 11.6. The second kappa shape index (κ2) is 7.09. The third-order valence-electron chi connectivity index (χ3n) is 3.76. The van der Waals surface area contributed by atoms with Crippen LogP contribution >= 0.6 is 0 Å². The number of nitrogens with zero attached hydrogens (tertiary/aromatic N) is 2.